The number of rotatable bonds is 3. The number of nitrogens with zero attached hydrogens (tertiary/aromatic N) is 1. The fraction of sp³-hybridized carbons (Fsp3) is 0.667. The zero-order valence-electron chi connectivity index (χ0n) is 11.1. The fourth-order valence-corrected chi connectivity index (χ4v) is 3.80. The van der Waals surface area contributed by atoms with Crippen LogP contribution in [0, 0.1) is 11.3 Å². The van der Waals surface area contributed by atoms with Crippen molar-refractivity contribution >= 4 is 6.08 Å². The van der Waals surface area contributed by atoms with Crippen LogP contribution in [0.5, 0.6) is 0 Å². The summed E-state index contributed by atoms with van der Waals surface area (Å²) in [6, 6.07) is 0. The third kappa shape index (κ3) is 1.81. The molecule has 0 aliphatic heterocycles. The highest BCUT2D eigenvalue weighted by molar-refractivity contribution is 5.57. The SMILES string of the molecule is C[C@]12Cc3cnoc3C=C1CCC[C@@H]2CCCN. The van der Waals surface area contributed by atoms with Crippen LogP contribution in [0.1, 0.15) is 50.4 Å². The first-order valence-electron chi connectivity index (χ1n) is 7.09. The summed E-state index contributed by atoms with van der Waals surface area (Å²) in [5.41, 5.74) is 8.84. The van der Waals surface area contributed by atoms with Gasteiger partial charge in [-0.2, -0.15) is 0 Å². The van der Waals surface area contributed by atoms with E-state index in [1.807, 2.05) is 6.20 Å². The van der Waals surface area contributed by atoms with Crippen LogP contribution in [-0.2, 0) is 6.42 Å². The van der Waals surface area contributed by atoms with Gasteiger partial charge in [0.15, 0.2) is 5.76 Å². The van der Waals surface area contributed by atoms with Crippen molar-refractivity contribution in [3.8, 4) is 0 Å². The van der Waals surface area contributed by atoms with E-state index in [1.165, 1.54) is 31.2 Å². The average molecular weight is 246 g/mol. The Labute approximate surface area is 108 Å². The second-order valence-corrected chi connectivity index (χ2v) is 6.00. The van der Waals surface area contributed by atoms with Crippen LogP contribution in [0.4, 0.5) is 0 Å². The summed E-state index contributed by atoms with van der Waals surface area (Å²) in [4.78, 5) is 0. The van der Waals surface area contributed by atoms with Crippen molar-refractivity contribution in [2.75, 3.05) is 6.54 Å². The molecular formula is C15H22N2O. The molecular weight excluding hydrogens is 224 g/mol. The van der Waals surface area contributed by atoms with Gasteiger partial charge in [-0.05, 0) is 62.5 Å². The van der Waals surface area contributed by atoms with Crippen LogP contribution in [0.15, 0.2) is 16.3 Å². The van der Waals surface area contributed by atoms with Crippen molar-refractivity contribution in [1.82, 2.24) is 5.16 Å². The molecule has 0 unspecified atom stereocenters. The Balaban J connectivity index is 1.91. The van der Waals surface area contributed by atoms with Gasteiger partial charge in [-0.15, -0.1) is 0 Å². The highest BCUT2D eigenvalue weighted by Gasteiger charge is 2.42. The van der Waals surface area contributed by atoms with Crippen LogP contribution in [0.3, 0.4) is 0 Å². The molecule has 1 fully saturated rings. The predicted octanol–water partition coefficient (Wildman–Crippen LogP) is 3.16. The molecule has 3 heteroatoms. The van der Waals surface area contributed by atoms with Gasteiger partial charge in [0.2, 0.25) is 0 Å². The van der Waals surface area contributed by atoms with E-state index in [2.05, 4.69) is 18.2 Å². The fourth-order valence-electron chi connectivity index (χ4n) is 3.80. The third-order valence-electron chi connectivity index (χ3n) is 4.93. The Morgan fingerprint density at radius 3 is 3.28 bits per heavy atom. The molecule has 0 radical (unpaired) electrons. The van der Waals surface area contributed by atoms with E-state index < -0.39 is 0 Å². The van der Waals surface area contributed by atoms with Gasteiger partial charge in [-0.3, -0.25) is 0 Å². The summed E-state index contributed by atoms with van der Waals surface area (Å²) in [6.45, 7) is 3.24. The van der Waals surface area contributed by atoms with Gasteiger partial charge in [-0.1, -0.05) is 17.7 Å². The number of hydrogen-bond donors (Lipinski definition) is 1. The minimum atomic E-state index is 0.311. The number of hydrogen-bond acceptors (Lipinski definition) is 3. The Morgan fingerprint density at radius 2 is 2.44 bits per heavy atom. The molecule has 1 saturated carbocycles. The first-order chi connectivity index (χ1) is 8.74. The highest BCUT2D eigenvalue weighted by Crippen LogP contribution is 2.52. The molecule has 0 amide bonds. The summed E-state index contributed by atoms with van der Waals surface area (Å²) < 4.78 is 5.32. The van der Waals surface area contributed by atoms with Crippen LogP contribution >= 0.6 is 0 Å². The molecule has 0 aromatic carbocycles. The molecule has 18 heavy (non-hydrogen) atoms. The second kappa shape index (κ2) is 4.54. The van der Waals surface area contributed by atoms with Crippen molar-refractivity contribution in [1.29, 1.82) is 0 Å². The highest BCUT2D eigenvalue weighted by atomic mass is 16.5. The van der Waals surface area contributed by atoms with Gasteiger partial charge in [0.05, 0.1) is 6.20 Å². The molecule has 0 bridgehead atoms. The van der Waals surface area contributed by atoms with Gasteiger partial charge in [-0.25, -0.2) is 0 Å². The molecule has 2 aliphatic carbocycles. The summed E-state index contributed by atoms with van der Waals surface area (Å²) in [5.74, 6) is 1.76. The Bertz CT molecular complexity index is 463. The first-order valence-corrected chi connectivity index (χ1v) is 7.09. The summed E-state index contributed by atoms with van der Waals surface area (Å²) in [6.07, 6.45) is 11.5. The van der Waals surface area contributed by atoms with E-state index in [9.17, 15) is 0 Å². The van der Waals surface area contributed by atoms with E-state index in [0.717, 1.165) is 31.1 Å². The molecule has 1 heterocycles. The lowest BCUT2D eigenvalue weighted by Crippen LogP contribution is -2.37. The molecule has 1 aromatic rings. The molecule has 98 valence electrons. The maximum absolute atomic E-state index is 5.68. The number of fused-ring (bicyclic) bond motifs is 2. The minimum absolute atomic E-state index is 0.311. The first kappa shape index (κ1) is 12.0. The molecule has 3 nitrogen and oxygen atoms in total. The van der Waals surface area contributed by atoms with Crippen LogP contribution in [-0.4, -0.2) is 11.7 Å². The normalized spacial score (nSPS) is 30.6. The molecule has 0 spiro atoms. The maximum Gasteiger partial charge on any atom is 0.162 e. The smallest absolute Gasteiger partial charge is 0.162 e. The zero-order chi connectivity index (χ0) is 12.6. The standard InChI is InChI=1S/C15H22N2O/c1-15-9-11-10-17-18-14(11)8-13(15)5-2-4-12(15)6-3-7-16/h8,10,12H,2-7,9,16H2,1H3/t12-,15-/m1/s1. The van der Waals surface area contributed by atoms with Crippen molar-refractivity contribution in [3.05, 3.63) is 23.1 Å². The zero-order valence-corrected chi connectivity index (χ0v) is 11.1. The minimum Gasteiger partial charge on any atom is -0.357 e. The van der Waals surface area contributed by atoms with Crippen molar-refractivity contribution < 1.29 is 4.52 Å². The van der Waals surface area contributed by atoms with Crippen LogP contribution < -0.4 is 5.73 Å². The van der Waals surface area contributed by atoms with E-state index in [1.54, 1.807) is 5.57 Å². The Kier molecular flexibility index (Phi) is 3.02. The van der Waals surface area contributed by atoms with E-state index >= 15 is 0 Å². The van der Waals surface area contributed by atoms with Gasteiger partial charge in [0.1, 0.15) is 0 Å². The van der Waals surface area contributed by atoms with Gasteiger partial charge in [0.25, 0.3) is 0 Å². The predicted molar refractivity (Wildman–Crippen MR) is 71.9 cm³/mol. The quantitative estimate of drug-likeness (QED) is 0.891. The average Bonchev–Trinajstić information content (AvgIpc) is 2.79. The van der Waals surface area contributed by atoms with Crippen molar-refractivity contribution in [3.63, 3.8) is 0 Å². The van der Waals surface area contributed by atoms with E-state index in [4.69, 9.17) is 10.3 Å². The van der Waals surface area contributed by atoms with Gasteiger partial charge in [0, 0.05) is 5.56 Å². The number of nitrogens with two attached hydrogens (primary N) is 1. The largest absolute Gasteiger partial charge is 0.357 e. The Hall–Kier alpha value is -1.09. The summed E-state index contributed by atoms with van der Waals surface area (Å²) >= 11 is 0. The van der Waals surface area contributed by atoms with Crippen LogP contribution in [0.2, 0.25) is 0 Å². The third-order valence-corrected chi connectivity index (χ3v) is 4.93. The molecule has 2 aliphatic rings. The Morgan fingerprint density at radius 1 is 1.56 bits per heavy atom. The monoisotopic (exact) mass is 246 g/mol. The topological polar surface area (TPSA) is 52.0 Å². The van der Waals surface area contributed by atoms with Gasteiger partial charge >= 0.3 is 0 Å². The summed E-state index contributed by atoms with van der Waals surface area (Å²) in [7, 11) is 0. The molecule has 3 rings (SSSR count). The van der Waals surface area contributed by atoms with E-state index in [0.29, 0.717) is 5.41 Å². The van der Waals surface area contributed by atoms with Gasteiger partial charge < -0.3 is 10.3 Å². The van der Waals surface area contributed by atoms with Crippen molar-refractivity contribution in [2.45, 2.75) is 45.4 Å². The second-order valence-electron chi connectivity index (χ2n) is 6.00. The molecule has 0 saturated heterocycles. The molecule has 2 N–H and O–H groups in total. The van der Waals surface area contributed by atoms with Crippen LogP contribution in [0.25, 0.3) is 6.08 Å². The number of allylic oxidation sites excluding steroid dienone is 1. The molecule has 1 aromatic heterocycles. The lowest BCUT2D eigenvalue weighted by molar-refractivity contribution is 0.167. The summed E-state index contributed by atoms with van der Waals surface area (Å²) in [5, 5.41) is 3.94. The number of aromatic nitrogens is 1. The lowest BCUT2D eigenvalue weighted by atomic mass is 9.59. The molecule has 2 atom stereocenters. The van der Waals surface area contributed by atoms with Crippen molar-refractivity contribution in [2.24, 2.45) is 17.1 Å². The van der Waals surface area contributed by atoms with E-state index in [-0.39, 0.29) is 0 Å². The lowest BCUT2D eigenvalue weighted by Gasteiger charge is -2.45. The maximum atomic E-state index is 5.68.